The number of hydrogen-bond acceptors (Lipinski definition) is 5. The maximum atomic E-state index is 12.5. The minimum absolute atomic E-state index is 0.0283. The van der Waals surface area contributed by atoms with Crippen LogP contribution in [0.15, 0.2) is 0 Å². The Hall–Kier alpha value is -1.35. The van der Waals surface area contributed by atoms with Gasteiger partial charge in [0, 0.05) is 32.6 Å². The summed E-state index contributed by atoms with van der Waals surface area (Å²) in [5.74, 6) is 0.273. The molecule has 1 saturated heterocycles. The molecule has 146 valence electrons. The molecule has 1 unspecified atom stereocenters. The summed E-state index contributed by atoms with van der Waals surface area (Å²) >= 11 is 0. The van der Waals surface area contributed by atoms with Gasteiger partial charge in [-0.3, -0.25) is 4.79 Å². The fourth-order valence-electron chi connectivity index (χ4n) is 2.92. The van der Waals surface area contributed by atoms with Crippen LogP contribution in [0.2, 0.25) is 0 Å². The molecular weight excluding hydrogens is 346 g/mol. The van der Waals surface area contributed by atoms with E-state index in [0.29, 0.717) is 38.3 Å². The Bertz CT molecular complexity index is 542. The Morgan fingerprint density at radius 2 is 1.84 bits per heavy atom. The van der Waals surface area contributed by atoms with Crippen LogP contribution in [0.3, 0.4) is 0 Å². The van der Waals surface area contributed by atoms with Crippen molar-refractivity contribution < 1.29 is 22.7 Å². The van der Waals surface area contributed by atoms with E-state index in [9.17, 15) is 18.0 Å². The van der Waals surface area contributed by atoms with Crippen molar-refractivity contribution in [3.8, 4) is 0 Å². The lowest BCUT2D eigenvalue weighted by Gasteiger charge is -2.31. The molecule has 25 heavy (non-hydrogen) atoms. The molecule has 2 amide bonds. The van der Waals surface area contributed by atoms with Crippen LogP contribution in [-0.4, -0.2) is 62.9 Å². The van der Waals surface area contributed by atoms with Crippen molar-refractivity contribution in [3.05, 3.63) is 0 Å². The molecule has 0 aromatic rings. The normalized spacial score (nSPS) is 17.4. The van der Waals surface area contributed by atoms with Gasteiger partial charge in [0.1, 0.15) is 0 Å². The zero-order chi connectivity index (χ0) is 19.0. The standard InChI is InChI=1S/C16H31N3O5S/c1-5-24-16(21)18-14(10-12(2)3)11-17-25(22,23)15-6-8-19(9-7-15)13(4)20/h12,14-15,17H,5-11H2,1-4H3,(H,18,21). The van der Waals surface area contributed by atoms with E-state index in [4.69, 9.17) is 4.74 Å². The van der Waals surface area contributed by atoms with Gasteiger partial charge in [0.25, 0.3) is 0 Å². The van der Waals surface area contributed by atoms with Crippen molar-refractivity contribution in [1.82, 2.24) is 14.9 Å². The van der Waals surface area contributed by atoms with Crippen LogP contribution in [0.1, 0.15) is 47.0 Å². The van der Waals surface area contributed by atoms with Gasteiger partial charge in [0.05, 0.1) is 11.9 Å². The highest BCUT2D eigenvalue weighted by Crippen LogP contribution is 2.17. The smallest absolute Gasteiger partial charge is 0.407 e. The van der Waals surface area contributed by atoms with Crippen LogP contribution < -0.4 is 10.0 Å². The predicted octanol–water partition coefficient (Wildman–Crippen LogP) is 1.08. The lowest BCUT2D eigenvalue weighted by molar-refractivity contribution is -0.129. The van der Waals surface area contributed by atoms with Crippen LogP contribution in [0.5, 0.6) is 0 Å². The first kappa shape index (κ1) is 21.7. The minimum Gasteiger partial charge on any atom is -0.450 e. The van der Waals surface area contributed by atoms with Gasteiger partial charge in [-0.1, -0.05) is 13.8 Å². The van der Waals surface area contributed by atoms with Crippen molar-refractivity contribution in [2.24, 2.45) is 5.92 Å². The molecular formula is C16H31N3O5S. The molecule has 1 fully saturated rings. The number of carbonyl (C=O) groups is 2. The molecule has 1 heterocycles. The van der Waals surface area contributed by atoms with Gasteiger partial charge < -0.3 is 15.0 Å². The van der Waals surface area contributed by atoms with E-state index >= 15 is 0 Å². The van der Waals surface area contributed by atoms with Crippen LogP contribution >= 0.6 is 0 Å². The molecule has 1 aliphatic rings. The monoisotopic (exact) mass is 377 g/mol. The van der Waals surface area contributed by atoms with Gasteiger partial charge >= 0.3 is 6.09 Å². The maximum Gasteiger partial charge on any atom is 0.407 e. The van der Waals surface area contributed by atoms with Crippen molar-refractivity contribution >= 4 is 22.0 Å². The third kappa shape index (κ3) is 7.60. The third-order valence-corrected chi connectivity index (χ3v) is 6.13. The maximum absolute atomic E-state index is 12.5. The number of nitrogens with zero attached hydrogens (tertiary/aromatic N) is 1. The number of piperidine rings is 1. The summed E-state index contributed by atoms with van der Waals surface area (Å²) in [4.78, 5) is 24.6. The molecule has 0 aromatic heterocycles. The van der Waals surface area contributed by atoms with Crippen LogP contribution in [0, 0.1) is 5.92 Å². The lowest BCUT2D eigenvalue weighted by atomic mass is 10.0. The van der Waals surface area contributed by atoms with Gasteiger partial charge in [0.15, 0.2) is 0 Å². The van der Waals surface area contributed by atoms with Crippen molar-refractivity contribution in [1.29, 1.82) is 0 Å². The topological polar surface area (TPSA) is 105 Å². The molecule has 2 N–H and O–H groups in total. The molecule has 1 atom stereocenters. The zero-order valence-electron chi connectivity index (χ0n) is 15.6. The van der Waals surface area contributed by atoms with Crippen molar-refractivity contribution in [3.63, 3.8) is 0 Å². The molecule has 0 spiro atoms. The lowest BCUT2D eigenvalue weighted by Crippen LogP contribution is -2.49. The van der Waals surface area contributed by atoms with Gasteiger partial charge in [0.2, 0.25) is 15.9 Å². The highest BCUT2D eigenvalue weighted by atomic mass is 32.2. The highest BCUT2D eigenvalue weighted by Gasteiger charge is 2.31. The number of hydrogen-bond donors (Lipinski definition) is 2. The Labute approximate surface area is 150 Å². The molecule has 1 rings (SSSR count). The average Bonchev–Trinajstić information content (AvgIpc) is 2.52. The van der Waals surface area contributed by atoms with Gasteiger partial charge in [-0.15, -0.1) is 0 Å². The average molecular weight is 378 g/mol. The Morgan fingerprint density at radius 1 is 1.24 bits per heavy atom. The minimum atomic E-state index is -3.49. The largest absolute Gasteiger partial charge is 0.450 e. The quantitative estimate of drug-likeness (QED) is 0.658. The summed E-state index contributed by atoms with van der Waals surface area (Å²) in [6, 6.07) is -0.328. The molecule has 0 saturated carbocycles. The second-order valence-electron chi connectivity index (χ2n) is 6.79. The van der Waals surface area contributed by atoms with Crippen molar-refractivity contribution in [2.45, 2.75) is 58.2 Å². The van der Waals surface area contributed by atoms with Gasteiger partial charge in [-0.2, -0.15) is 0 Å². The van der Waals surface area contributed by atoms with E-state index in [-0.39, 0.29) is 25.1 Å². The first-order chi connectivity index (χ1) is 11.7. The SMILES string of the molecule is CCOC(=O)NC(CNS(=O)(=O)C1CCN(C(C)=O)CC1)CC(C)C. The van der Waals surface area contributed by atoms with E-state index in [0.717, 1.165) is 0 Å². The van der Waals surface area contributed by atoms with E-state index in [1.54, 1.807) is 11.8 Å². The predicted molar refractivity (Wildman–Crippen MR) is 95.6 cm³/mol. The van der Waals surface area contributed by atoms with Crippen molar-refractivity contribution in [2.75, 3.05) is 26.2 Å². The Balaban J connectivity index is 2.58. The third-order valence-electron chi connectivity index (χ3n) is 4.21. The number of nitrogens with one attached hydrogen (secondary N) is 2. The summed E-state index contributed by atoms with van der Waals surface area (Å²) in [7, 11) is -3.49. The molecule has 8 nitrogen and oxygen atoms in total. The first-order valence-electron chi connectivity index (χ1n) is 8.83. The zero-order valence-corrected chi connectivity index (χ0v) is 16.4. The summed E-state index contributed by atoms with van der Waals surface area (Å²) in [5, 5.41) is 2.20. The van der Waals surface area contributed by atoms with Gasteiger partial charge in [-0.05, 0) is 32.1 Å². The molecule has 0 bridgehead atoms. The van der Waals surface area contributed by atoms with Crippen LogP contribution in [-0.2, 0) is 19.6 Å². The summed E-state index contributed by atoms with van der Waals surface area (Å²) < 4.78 is 32.5. The summed E-state index contributed by atoms with van der Waals surface area (Å²) in [5.41, 5.74) is 0. The number of likely N-dealkylation sites (tertiary alicyclic amines) is 1. The fraction of sp³-hybridized carbons (Fsp3) is 0.875. The highest BCUT2D eigenvalue weighted by molar-refractivity contribution is 7.90. The molecule has 1 aliphatic heterocycles. The molecule has 9 heteroatoms. The van der Waals surface area contributed by atoms with Crippen LogP contribution in [0.25, 0.3) is 0 Å². The van der Waals surface area contributed by atoms with E-state index in [2.05, 4.69) is 10.0 Å². The number of sulfonamides is 1. The van der Waals surface area contributed by atoms with Crippen LogP contribution in [0.4, 0.5) is 4.79 Å². The second kappa shape index (κ2) is 9.96. The number of rotatable bonds is 8. The summed E-state index contributed by atoms with van der Waals surface area (Å²) in [6.45, 7) is 8.52. The van der Waals surface area contributed by atoms with E-state index in [1.165, 1.54) is 6.92 Å². The molecule has 0 radical (unpaired) electrons. The van der Waals surface area contributed by atoms with E-state index < -0.39 is 21.4 Å². The number of carbonyl (C=O) groups excluding carboxylic acids is 2. The fourth-order valence-corrected chi connectivity index (χ4v) is 4.42. The molecule has 0 aromatic carbocycles. The number of amides is 2. The number of ether oxygens (including phenoxy) is 1. The second-order valence-corrected chi connectivity index (χ2v) is 8.84. The summed E-state index contributed by atoms with van der Waals surface area (Å²) in [6.07, 6.45) is 0.955. The first-order valence-corrected chi connectivity index (χ1v) is 10.4. The number of alkyl carbamates (subject to hydrolysis) is 1. The van der Waals surface area contributed by atoms with Gasteiger partial charge in [-0.25, -0.2) is 17.9 Å². The Kier molecular flexibility index (Phi) is 8.64. The Morgan fingerprint density at radius 3 is 2.32 bits per heavy atom. The molecule has 0 aliphatic carbocycles. The van der Waals surface area contributed by atoms with E-state index in [1.807, 2.05) is 13.8 Å².